The Bertz CT molecular complexity index is 538. The summed E-state index contributed by atoms with van der Waals surface area (Å²) >= 11 is 0. The van der Waals surface area contributed by atoms with Gasteiger partial charge >= 0.3 is 12.1 Å². The van der Waals surface area contributed by atoms with Crippen LogP contribution in [-0.4, -0.2) is 50.5 Å². The van der Waals surface area contributed by atoms with Gasteiger partial charge in [0.25, 0.3) is 0 Å². The summed E-state index contributed by atoms with van der Waals surface area (Å²) in [5, 5.41) is 13.2. The molecule has 1 aliphatic heterocycles. The van der Waals surface area contributed by atoms with E-state index in [9.17, 15) is 9.59 Å². The predicted molar refractivity (Wildman–Crippen MR) is 70.7 cm³/mol. The fraction of sp³-hybridized carbons (Fsp3) is 0.615. The predicted octanol–water partition coefficient (Wildman–Crippen LogP) is 1.45. The van der Waals surface area contributed by atoms with Gasteiger partial charge in [-0.1, -0.05) is 0 Å². The van der Waals surface area contributed by atoms with Crippen molar-refractivity contribution in [1.29, 1.82) is 0 Å². The maximum absolute atomic E-state index is 11.8. The molecule has 0 aliphatic carbocycles. The largest absolute Gasteiger partial charge is 0.477 e. The van der Waals surface area contributed by atoms with Gasteiger partial charge in [0.15, 0.2) is 0 Å². The van der Waals surface area contributed by atoms with E-state index in [2.05, 4.69) is 5.10 Å². The molecule has 0 saturated carbocycles. The van der Waals surface area contributed by atoms with Crippen molar-refractivity contribution in [3.8, 4) is 0 Å². The van der Waals surface area contributed by atoms with E-state index in [0.717, 1.165) is 0 Å². The third-order valence-electron chi connectivity index (χ3n) is 3.07. The van der Waals surface area contributed by atoms with Gasteiger partial charge in [0.2, 0.25) is 0 Å². The molecule has 7 heteroatoms. The van der Waals surface area contributed by atoms with Gasteiger partial charge in [-0.25, -0.2) is 9.59 Å². The minimum atomic E-state index is -1.01. The molecule has 1 N–H and O–H groups in total. The highest BCUT2D eigenvalue weighted by Gasteiger charge is 2.36. The van der Waals surface area contributed by atoms with Crippen LogP contribution in [0.4, 0.5) is 4.79 Å². The van der Waals surface area contributed by atoms with Crippen molar-refractivity contribution in [2.24, 2.45) is 7.05 Å². The van der Waals surface area contributed by atoms with Gasteiger partial charge in [-0.15, -0.1) is 0 Å². The molecule has 2 rings (SSSR count). The van der Waals surface area contributed by atoms with Crippen LogP contribution in [0.5, 0.6) is 0 Å². The highest BCUT2D eigenvalue weighted by Crippen LogP contribution is 2.28. The van der Waals surface area contributed by atoms with Crippen LogP contribution < -0.4 is 0 Å². The monoisotopic (exact) mass is 281 g/mol. The van der Waals surface area contributed by atoms with Gasteiger partial charge in [-0.2, -0.15) is 5.10 Å². The van der Waals surface area contributed by atoms with Gasteiger partial charge in [0.05, 0.1) is 5.69 Å². The van der Waals surface area contributed by atoms with Crippen LogP contribution in [0.1, 0.15) is 42.9 Å². The van der Waals surface area contributed by atoms with Crippen LogP contribution in [-0.2, 0) is 11.8 Å². The molecule has 0 radical (unpaired) electrons. The molecule has 7 nitrogen and oxygen atoms in total. The molecule has 110 valence electrons. The Morgan fingerprint density at radius 1 is 1.40 bits per heavy atom. The van der Waals surface area contributed by atoms with Crippen LogP contribution in [0, 0.1) is 0 Å². The minimum Gasteiger partial charge on any atom is -0.477 e. The smallest absolute Gasteiger partial charge is 0.410 e. The summed E-state index contributed by atoms with van der Waals surface area (Å²) in [6.45, 7) is 6.47. The first kappa shape index (κ1) is 14.4. The average molecular weight is 281 g/mol. The van der Waals surface area contributed by atoms with Crippen molar-refractivity contribution in [2.45, 2.75) is 32.3 Å². The van der Waals surface area contributed by atoms with E-state index >= 15 is 0 Å². The number of amides is 1. The maximum Gasteiger partial charge on any atom is 0.410 e. The van der Waals surface area contributed by atoms with Gasteiger partial charge in [0, 0.05) is 26.1 Å². The third kappa shape index (κ3) is 2.92. The zero-order chi connectivity index (χ0) is 15.1. The van der Waals surface area contributed by atoms with Crippen LogP contribution in [0.3, 0.4) is 0 Å². The number of likely N-dealkylation sites (tertiary alicyclic amines) is 1. The summed E-state index contributed by atoms with van der Waals surface area (Å²) in [4.78, 5) is 24.3. The molecule has 0 unspecified atom stereocenters. The van der Waals surface area contributed by atoms with Crippen LogP contribution in [0.15, 0.2) is 6.07 Å². The molecule has 0 atom stereocenters. The van der Waals surface area contributed by atoms with E-state index in [0.29, 0.717) is 18.8 Å². The van der Waals surface area contributed by atoms with E-state index in [1.54, 1.807) is 18.0 Å². The molecule has 1 amide bonds. The molecule has 0 bridgehead atoms. The zero-order valence-electron chi connectivity index (χ0n) is 12.1. The Kier molecular flexibility index (Phi) is 3.45. The number of aryl methyl sites for hydroxylation is 1. The van der Waals surface area contributed by atoms with Crippen molar-refractivity contribution in [3.05, 3.63) is 17.5 Å². The van der Waals surface area contributed by atoms with Crippen molar-refractivity contribution < 1.29 is 19.4 Å². The molecule has 1 saturated heterocycles. The SMILES string of the molecule is Cn1nc(C2CN(C(=O)OC(C)(C)C)C2)cc1C(=O)O. The standard InChI is InChI=1S/C13H19N3O4/c1-13(2,3)20-12(19)16-6-8(7-16)9-5-10(11(17)18)15(4)14-9/h5,8H,6-7H2,1-4H3,(H,17,18). The number of nitrogens with zero attached hydrogens (tertiary/aromatic N) is 3. The normalized spacial score (nSPS) is 15.9. The van der Waals surface area contributed by atoms with Crippen LogP contribution >= 0.6 is 0 Å². The fourth-order valence-electron chi connectivity index (χ4n) is 2.03. The Balaban J connectivity index is 1.95. The summed E-state index contributed by atoms with van der Waals surface area (Å²) in [7, 11) is 1.59. The van der Waals surface area contributed by atoms with Crippen molar-refractivity contribution in [3.63, 3.8) is 0 Å². The second-order valence-corrected chi connectivity index (χ2v) is 5.97. The highest BCUT2D eigenvalue weighted by atomic mass is 16.6. The number of hydrogen-bond acceptors (Lipinski definition) is 4. The molecule has 1 aromatic rings. The lowest BCUT2D eigenvalue weighted by Crippen LogP contribution is -2.50. The second kappa shape index (κ2) is 4.81. The fourth-order valence-corrected chi connectivity index (χ4v) is 2.03. The maximum atomic E-state index is 11.8. The zero-order valence-corrected chi connectivity index (χ0v) is 12.1. The lowest BCUT2D eigenvalue weighted by atomic mass is 9.97. The first-order valence-corrected chi connectivity index (χ1v) is 6.42. The number of hydrogen-bond donors (Lipinski definition) is 1. The summed E-state index contributed by atoms with van der Waals surface area (Å²) < 4.78 is 6.60. The van der Waals surface area contributed by atoms with E-state index in [4.69, 9.17) is 9.84 Å². The Hall–Kier alpha value is -2.05. The van der Waals surface area contributed by atoms with Gasteiger partial charge < -0.3 is 14.7 Å². The third-order valence-corrected chi connectivity index (χ3v) is 3.07. The first-order chi connectivity index (χ1) is 9.17. The number of rotatable bonds is 2. The number of aromatic carboxylic acids is 1. The number of carbonyl (C=O) groups excluding carboxylic acids is 1. The quantitative estimate of drug-likeness (QED) is 0.887. The number of carboxylic acids is 1. The van der Waals surface area contributed by atoms with Gasteiger partial charge in [-0.3, -0.25) is 4.68 Å². The molecule has 0 aromatic carbocycles. The number of ether oxygens (including phenoxy) is 1. The Morgan fingerprint density at radius 2 is 2.00 bits per heavy atom. The highest BCUT2D eigenvalue weighted by molar-refractivity contribution is 5.85. The molecular weight excluding hydrogens is 262 g/mol. The van der Waals surface area contributed by atoms with E-state index in [1.165, 1.54) is 4.68 Å². The van der Waals surface area contributed by atoms with E-state index in [-0.39, 0.29) is 17.7 Å². The molecule has 2 heterocycles. The Morgan fingerprint density at radius 3 is 2.45 bits per heavy atom. The number of carboxylic acid groups (broad SMARTS) is 1. The van der Waals surface area contributed by atoms with Crippen molar-refractivity contribution in [2.75, 3.05) is 13.1 Å². The molecule has 0 spiro atoms. The summed E-state index contributed by atoms with van der Waals surface area (Å²) in [5.74, 6) is -0.934. The molecule has 1 aliphatic rings. The van der Waals surface area contributed by atoms with Crippen LogP contribution in [0.2, 0.25) is 0 Å². The summed E-state index contributed by atoms with van der Waals surface area (Å²) in [6, 6.07) is 1.55. The molecule has 1 aromatic heterocycles. The topological polar surface area (TPSA) is 84.7 Å². The first-order valence-electron chi connectivity index (χ1n) is 6.42. The molecule has 1 fully saturated rings. The summed E-state index contributed by atoms with van der Waals surface area (Å²) in [5.41, 5.74) is 0.337. The average Bonchev–Trinajstić information content (AvgIpc) is 2.54. The Labute approximate surface area is 117 Å². The van der Waals surface area contributed by atoms with Crippen molar-refractivity contribution >= 4 is 12.1 Å². The van der Waals surface area contributed by atoms with E-state index in [1.807, 2.05) is 20.8 Å². The van der Waals surface area contributed by atoms with E-state index < -0.39 is 11.6 Å². The lowest BCUT2D eigenvalue weighted by Gasteiger charge is -2.38. The van der Waals surface area contributed by atoms with Gasteiger partial charge in [0.1, 0.15) is 11.3 Å². The molecule has 20 heavy (non-hydrogen) atoms. The number of carbonyl (C=O) groups is 2. The molecular formula is C13H19N3O4. The van der Waals surface area contributed by atoms with Crippen LogP contribution in [0.25, 0.3) is 0 Å². The second-order valence-electron chi connectivity index (χ2n) is 5.97. The van der Waals surface area contributed by atoms with Crippen molar-refractivity contribution in [1.82, 2.24) is 14.7 Å². The minimum absolute atomic E-state index is 0.0711. The summed E-state index contributed by atoms with van der Waals surface area (Å²) in [6.07, 6.45) is -0.344. The lowest BCUT2D eigenvalue weighted by molar-refractivity contribution is 0.00782. The number of aromatic nitrogens is 2. The van der Waals surface area contributed by atoms with Gasteiger partial charge in [-0.05, 0) is 26.8 Å².